The average molecular weight is 284 g/mol. The summed E-state index contributed by atoms with van der Waals surface area (Å²) in [5, 5.41) is 0. The monoisotopic (exact) mass is 284 g/mol. The van der Waals surface area contributed by atoms with E-state index in [-0.39, 0.29) is 0 Å². The van der Waals surface area contributed by atoms with E-state index in [1.54, 1.807) is 13.8 Å². The first-order valence-corrected chi connectivity index (χ1v) is 8.02. The molecule has 20 heavy (non-hydrogen) atoms. The van der Waals surface area contributed by atoms with Crippen LogP contribution in [0.3, 0.4) is 0 Å². The van der Waals surface area contributed by atoms with E-state index in [1.807, 2.05) is 0 Å². The molecule has 0 aliphatic heterocycles. The second-order valence-electron chi connectivity index (χ2n) is 5.49. The van der Waals surface area contributed by atoms with E-state index in [0.717, 1.165) is 18.8 Å². The van der Waals surface area contributed by atoms with Crippen LogP contribution in [0.1, 0.15) is 65.2 Å². The molecule has 0 aromatic heterocycles. The molecule has 0 radical (unpaired) electrons. The molecule has 0 saturated heterocycles. The number of hydrogen-bond donors (Lipinski definition) is 0. The average Bonchev–Trinajstić information content (AvgIpc) is 3.22. The summed E-state index contributed by atoms with van der Waals surface area (Å²) < 4.78 is 9.90. The smallest absolute Gasteiger partial charge is 0.320 e. The number of ether oxygens (including phenoxy) is 2. The summed E-state index contributed by atoms with van der Waals surface area (Å²) in [6.07, 6.45) is 9.12. The summed E-state index contributed by atoms with van der Waals surface area (Å²) in [4.78, 5) is 23.5. The lowest BCUT2D eigenvalue weighted by atomic mass is 10.00. The quantitative estimate of drug-likeness (QED) is 0.331. The molecule has 0 N–H and O–H groups in total. The Hall–Kier alpha value is -1.06. The molecular formula is C16H28O4. The van der Waals surface area contributed by atoms with Crippen molar-refractivity contribution in [1.29, 1.82) is 0 Å². The van der Waals surface area contributed by atoms with Crippen LogP contribution in [0.5, 0.6) is 0 Å². The molecule has 0 amide bonds. The molecule has 1 saturated carbocycles. The standard InChI is InChI=1S/C16H28O4/c1-3-19-15(17)14(16(18)20-4-2)10-8-6-5-7-9-13-11-12-13/h13-14H,3-12H2,1-2H3. The van der Waals surface area contributed by atoms with Crippen LogP contribution in [0.2, 0.25) is 0 Å². The van der Waals surface area contributed by atoms with Crippen molar-refractivity contribution < 1.29 is 19.1 Å². The molecule has 1 rings (SSSR count). The number of carbonyl (C=O) groups excluding carboxylic acids is 2. The molecule has 0 aromatic rings. The summed E-state index contributed by atoms with van der Waals surface area (Å²) >= 11 is 0. The highest BCUT2D eigenvalue weighted by Gasteiger charge is 2.28. The third-order valence-electron chi connectivity index (χ3n) is 3.69. The molecule has 4 heteroatoms. The minimum absolute atomic E-state index is 0.302. The van der Waals surface area contributed by atoms with Crippen LogP contribution in [0.25, 0.3) is 0 Å². The van der Waals surface area contributed by atoms with E-state index in [4.69, 9.17) is 9.47 Å². The van der Waals surface area contributed by atoms with Crippen molar-refractivity contribution >= 4 is 11.9 Å². The van der Waals surface area contributed by atoms with Gasteiger partial charge in [0.2, 0.25) is 0 Å². The van der Waals surface area contributed by atoms with Crippen LogP contribution < -0.4 is 0 Å². The summed E-state index contributed by atoms with van der Waals surface area (Å²) in [5.41, 5.74) is 0. The van der Waals surface area contributed by atoms with Gasteiger partial charge in [-0.05, 0) is 26.2 Å². The first kappa shape index (κ1) is 17.0. The highest BCUT2D eigenvalue weighted by atomic mass is 16.6. The van der Waals surface area contributed by atoms with Gasteiger partial charge in [-0.1, -0.05) is 44.9 Å². The lowest BCUT2D eigenvalue weighted by Gasteiger charge is -2.14. The molecule has 1 aliphatic rings. The molecular weight excluding hydrogens is 256 g/mol. The lowest BCUT2D eigenvalue weighted by molar-refractivity contribution is -0.161. The Labute approximate surface area is 122 Å². The maximum absolute atomic E-state index is 11.8. The van der Waals surface area contributed by atoms with Gasteiger partial charge in [-0.2, -0.15) is 0 Å². The Morgan fingerprint density at radius 3 is 2.00 bits per heavy atom. The van der Waals surface area contributed by atoms with Crippen LogP contribution in [0.4, 0.5) is 0 Å². The van der Waals surface area contributed by atoms with E-state index in [2.05, 4.69) is 0 Å². The maximum atomic E-state index is 11.8. The Morgan fingerprint density at radius 1 is 0.950 bits per heavy atom. The van der Waals surface area contributed by atoms with Crippen molar-refractivity contribution in [3.63, 3.8) is 0 Å². The molecule has 4 nitrogen and oxygen atoms in total. The van der Waals surface area contributed by atoms with Gasteiger partial charge >= 0.3 is 11.9 Å². The van der Waals surface area contributed by atoms with Gasteiger partial charge in [-0.15, -0.1) is 0 Å². The zero-order chi connectivity index (χ0) is 14.8. The van der Waals surface area contributed by atoms with E-state index in [1.165, 1.54) is 32.1 Å². The summed E-state index contributed by atoms with van der Waals surface area (Å²) in [6.45, 7) is 4.10. The number of carbonyl (C=O) groups is 2. The molecule has 0 heterocycles. The highest BCUT2D eigenvalue weighted by molar-refractivity contribution is 5.94. The molecule has 0 aromatic carbocycles. The minimum Gasteiger partial charge on any atom is -0.465 e. The van der Waals surface area contributed by atoms with Crippen LogP contribution in [-0.2, 0) is 19.1 Å². The number of unbranched alkanes of at least 4 members (excludes halogenated alkanes) is 3. The van der Waals surface area contributed by atoms with E-state index < -0.39 is 17.9 Å². The first-order chi connectivity index (χ1) is 9.69. The number of esters is 2. The Balaban J connectivity index is 2.20. The molecule has 116 valence electrons. The van der Waals surface area contributed by atoms with Gasteiger partial charge in [0.25, 0.3) is 0 Å². The zero-order valence-corrected chi connectivity index (χ0v) is 12.9. The Morgan fingerprint density at radius 2 is 1.50 bits per heavy atom. The van der Waals surface area contributed by atoms with Crippen molar-refractivity contribution in [1.82, 2.24) is 0 Å². The van der Waals surface area contributed by atoms with Gasteiger partial charge < -0.3 is 9.47 Å². The van der Waals surface area contributed by atoms with Gasteiger partial charge in [0.15, 0.2) is 5.92 Å². The van der Waals surface area contributed by atoms with Gasteiger partial charge in [-0.3, -0.25) is 9.59 Å². The van der Waals surface area contributed by atoms with Crippen molar-refractivity contribution in [2.24, 2.45) is 11.8 Å². The fraction of sp³-hybridized carbons (Fsp3) is 0.875. The molecule has 0 unspecified atom stereocenters. The van der Waals surface area contributed by atoms with Crippen LogP contribution >= 0.6 is 0 Å². The second-order valence-corrected chi connectivity index (χ2v) is 5.49. The molecule has 1 fully saturated rings. The van der Waals surface area contributed by atoms with Gasteiger partial charge in [0.05, 0.1) is 13.2 Å². The van der Waals surface area contributed by atoms with Gasteiger partial charge in [-0.25, -0.2) is 0 Å². The van der Waals surface area contributed by atoms with E-state index in [9.17, 15) is 9.59 Å². The Kier molecular flexibility index (Phi) is 8.31. The third-order valence-corrected chi connectivity index (χ3v) is 3.69. The topological polar surface area (TPSA) is 52.6 Å². The van der Waals surface area contributed by atoms with Crippen molar-refractivity contribution in [2.45, 2.75) is 65.2 Å². The van der Waals surface area contributed by atoms with Crippen LogP contribution in [0.15, 0.2) is 0 Å². The zero-order valence-electron chi connectivity index (χ0n) is 12.9. The van der Waals surface area contributed by atoms with Crippen LogP contribution in [-0.4, -0.2) is 25.2 Å². The first-order valence-electron chi connectivity index (χ1n) is 8.02. The summed E-state index contributed by atoms with van der Waals surface area (Å²) in [6, 6.07) is 0. The third kappa shape index (κ3) is 6.92. The molecule has 1 aliphatic carbocycles. The predicted molar refractivity (Wildman–Crippen MR) is 77.2 cm³/mol. The summed E-state index contributed by atoms with van der Waals surface area (Å²) in [5.74, 6) is -0.631. The minimum atomic E-state index is -0.738. The van der Waals surface area contributed by atoms with Crippen LogP contribution in [0, 0.1) is 11.8 Å². The lowest BCUT2D eigenvalue weighted by Crippen LogP contribution is -2.28. The normalized spacial score (nSPS) is 14.3. The van der Waals surface area contributed by atoms with E-state index in [0.29, 0.717) is 19.6 Å². The van der Waals surface area contributed by atoms with Crippen molar-refractivity contribution in [3.05, 3.63) is 0 Å². The maximum Gasteiger partial charge on any atom is 0.320 e. The summed E-state index contributed by atoms with van der Waals surface area (Å²) in [7, 11) is 0. The largest absolute Gasteiger partial charge is 0.465 e. The fourth-order valence-corrected chi connectivity index (χ4v) is 2.36. The SMILES string of the molecule is CCOC(=O)C(CCCCCCC1CC1)C(=O)OCC. The number of rotatable bonds is 11. The predicted octanol–water partition coefficient (Wildman–Crippen LogP) is 3.48. The molecule has 0 atom stereocenters. The Bertz CT molecular complexity index is 279. The fourth-order valence-electron chi connectivity index (χ4n) is 2.36. The van der Waals surface area contributed by atoms with Gasteiger partial charge in [0.1, 0.15) is 0 Å². The van der Waals surface area contributed by atoms with Crippen molar-refractivity contribution in [2.75, 3.05) is 13.2 Å². The van der Waals surface area contributed by atoms with E-state index >= 15 is 0 Å². The second kappa shape index (κ2) is 9.78. The van der Waals surface area contributed by atoms with Crippen molar-refractivity contribution in [3.8, 4) is 0 Å². The molecule has 0 spiro atoms. The molecule has 0 bridgehead atoms. The van der Waals surface area contributed by atoms with Gasteiger partial charge in [0, 0.05) is 0 Å². The number of hydrogen-bond acceptors (Lipinski definition) is 4. The highest BCUT2D eigenvalue weighted by Crippen LogP contribution is 2.34.